The van der Waals surface area contributed by atoms with E-state index in [4.69, 9.17) is 14.5 Å². The van der Waals surface area contributed by atoms with Crippen LogP contribution in [0, 0.1) is 12.3 Å². The van der Waals surface area contributed by atoms with Gasteiger partial charge in [-0.3, -0.25) is 4.99 Å². The molecule has 2 atom stereocenters. The topological polar surface area (TPSA) is 75.1 Å². The summed E-state index contributed by atoms with van der Waals surface area (Å²) >= 11 is 0. The van der Waals surface area contributed by atoms with Crippen LogP contribution in [0.15, 0.2) is 29.3 Å². The van der Waals surface area contributed by atoms with Crippen LogP contribution in [-0.4, -0.2) is 56.6 Å². The number of guanidine groups is 1. The van der Waals surface area contributed by atoms with Gasteiger partial charge in [0.15, 0.2) is 5.96 Å². The third-order valence-electron chi connectivity index (χ3n) is 4.66. The number of aliphatic hydroxyl groups is 1. The number of benzene rings is 1. The van der Waals surface area contributed by atoms with Crippen LogP contribution in [-0.2, 0) is 4.74 Å². The zero-order valence-corrected chi connectivity index (χ0v) is 16.3. The SMILES string of the molecule is CCNC(=NCC1(CCO)CCOC1)NCC(C)Oc1ccc(C)cc1. The molecular weight excluding hydrogens is 330 g/mol. The third kappa shape index (κ3) is 6.50. The van der Waals surface area contributed by atoms with Crippen LogP contribution >= 0.6 is 0 Å². The molecule has 6 nitrogen and oxygen atoms in total. The van der Waals surface area contributed by atoms with Crippen molar-refractivity contribution in [2.75, 3.05) is 39.5 Å². The standard InChI is InChI=1S/C20H33N3O3/c1-4-21-19(23-14-20(9-11-24)10-12-25-15-20)22-13-17(3)26-18-7-5-16(2)6-8-18/h5-8,17,24H,4,9-15H2,1-3H3,(H2,21,22,23). The second kappa shape index (κ2) is 10.4. The van der Waals surface area contributed by atoms with E-state index in [-0.39, 0.29) is 18.1 Å². The molecule has 3 N–H and O–H groups in total. The lowest BCUT2D eigenvalue weighted by molar-refractivity contribution is 0.131. The number of nitrogens with one attached hydrogen (secondary N) is 2. The van der Waals surface area contributed by atoms with Crippen molar-refractivity contribution in [1.29, 1.82) is 0 Å². The fourth-order valence-corrected chi connectivity index (χ4v) is 3.01. The van der Waals surface area contributed by atoms with Crippen molar-refractivity contribution < 1.29 is 14.6 Å². The monoisotopic (exact) mass is 363 g/mol. The number of aliphatic hydroxyl groups excluding tert-OH is 1. The Kier molecular flexibility index (Phi) is 8.19. The van der Waals surface area contributed by atoms with Gasteiger partial charge in [0.2, 0.25) is 0 Å². The fraction of sp³-hybridized carbons (Fsp3) is 0.650. The molecule has 0 aliphatic carbocycles. The molecular formula is C20H33N3O3. The van der Waals surface area contributed by atoms with Gasteiger partial charge >= 0.3 is 0 Å². The van der Waals surface area contributed by atoms with Crippen molar-refractivity contribution in [1.82, 2.24) is 10.6 Å². The summed E-state index contributed by atoms with van der Waals surface area (Å²) in [7, 11) is 0. The number of hydrogen-bond donors (Lipinski definition) is 3. The van der Waals surface area contributed by atoms with E-state index in [0.717, 1.165) is 37.7 Å². The highest BCUT2D eigenvalue weighted by Gasteiger charge is 2.34. The Morgan fingerprint density at radius 1 is 1.35 bits per heavy atom. The summed E-state index contributed by atoms with van der Waals surface area (Å²) in [6.07, 6.45) is 1.69. The minimum Gasteiger partial charge on any atom is -0.489 e. The van der Waals surface area contributed by atoms with Gasteiger partial charge in [0.25, 0.3) is 0 Å². The minimum atomic E-state index is -0.0406. The van der Waals surface area contributed by atoms with Crippen LogP contribution in [0.2, 0.25) is 0 Å². The van der Waals surface area contributed by atoms with Gasteiger partial charge in [-0.15, -0.1) is 0 Å². The van der Waals surface area contributed by atoms with Crippen molar-refractivity contribution in [3.63, 3.8) is 0 Å². The van der Waals surface area contributed by atoms with E-state index in [2.05, 4.69) is 17.6 Å². The molecule has 1 saturated heterocycles. The number of hydrogen-bond acceptors (Lipinski definition) is 4. The predicted octanol–water partition coefficient (Wildman–Crippen LogP) is 2.11. The summed E-state index contributed by atoms with van der Waals surface area (Å²) in [5.41, 5.74) is 1.18. The third-order valence-corrected chi connectivity index (χ3v) is 4.66. The first-order valence-electron chi connectivity index (χ1n) is 9.51. The molecule has 0 saturated carbocycles. The Morgan fingerprint density at radius 2 is 2.12 bits per heavy atom. The molecule has 0 bridgehead atoms. The quantitative estimate of drug-likeness (QED) is 0.463. The van der Waals surface area contributed by atoms with Crippen LogP contribution in [0.1, 0.15) is 32.3 Å². The minimum absolute atomic E-state index is 0.0165. The highest BCUT2D eigenvalue weighted by Crippen LogP contribution is 2.32. The second-order valence-corrected chi connectivity index (χ2v) is 7.09. The zero-order valence-electron chi connectivity index (χ0n) is 16.3. The summed E-state index contributed by atoms with van der Waals surface area (Å²) in [5.74, 6) is 1.65. The summed E-state index contributed by atoms with van der Waals surface area (Å²) in [6, 6.07) is 8.07. The average molecular weight is 364 g/mol. The lowest BCUT2D eigenvalue weighted by Gasteiger charge is -2.25. The van der Waals surface area contributed by atoms with E-state index < -0.39 is 0 Å². The van der Waals surface area contributed by atoms with Crippen molar-refractivity contribution in [3.05, 3.63) is 29.8 Å². The first kappa shape index (κ1) is 20.5. The molecule has 0 amide bonds. The molecule has 1 aromatic carbocycles. The van der Waals surface area contributed by atoms with Gasteiger partial charge in [0, 0.05) is 25.2 Å². The molecule has 2 unspecified atom stereocenters. The maximum absolute atomic E-state index is 9.34. The summed E-state index contributed by atoms with van der Waals surface area (Å²) in [5, 5.41) is 16.0. The summed E-state index contributed by atoms with van der Waals surface area (Å²) in [6.45, 7) is 9.84. The van der Waals surface area contributed by atoms with Crippen LogP contribution in [0.4, 0.5) is 0 Å². The molecule has 6 heteroatoms. The highest BCUT2D eigenvalue weighted by atomic mass is 16.5. The molecule has 0 spiro atoms. The Labute approximate surface area is 157 Å². The largest absolute Gasteiger partial charge is 0.489 e. The number of nitrogens with zero attached hydrogens (tertiary/aromatic N) is 1. The Hall–Kier alpha value is -1.79. The second-order valence-electron chi connectivity index (χ2n) is 7.09. The van der Waals surface area contributed by atoms with Crippen LogP contribution in [0.25, 0.3) is 0 Å². The van der Waals surface area contributed by atoms with E-state index in [1.165, 1.54) is 5.56 Å². The lowest BCUT2D eigenvalue weighted by atomic mass is 9.84. The van der Waals surface area contributed by atoms with Gasteiger partial charge in [0.05, 0.1) is 19.7 Å². The molecule has 2 rings (SSSR count). The van der Waals surface area contributed by atoms with Gasteiger partial charge < -0.3 is 25.2 Å². The van der Waals surface area contributed by atoms with Crippen molar-refractivity contribution in [2.24, 2.45) is 10.4 Å². The molecule has 1 heterocycles. The zero-order chi connectivity index (χ0) is 18.8. The van der Waals surface area contributed by atoms with E-state index in [1.54, 1.807) is 0 Å². The van der Waals surface area contributed by atoms with Gasteiger partial charge in [-0.25, -0.2) is 0 Å². The molecule has 1 fully saturated rings. The fourth-order valence-electron chi connectivity index (χ4n) is 3.01. The molecule has 0 radical (unpaired) electrons. The molecule has 1 aliphatic heterocycles. The first-order valence-corrected chi connectivity index (χ1v) is 9.51. The Bertz CT molecular complexity index is 554. The van der Waals surface area contributed by atoms with Crippen molar-refractivity contribution in [3.8, 4) is 5.75 Å². The van der Waals surface area contributed by atoms with Crippen LogP contribution in [0.3, 0.4) is 0 Å². The van der Waals surface area contributed by atoms with Crippen molar-refractivity contribution >= 4 is 5.96 Å². The van der Waals surface area contributed by atoms with Crippen molar-refractivity contribution in [2.45, 2.75) is 39.7 Å². The number of aryl methyl sites for hydroxylation is 1. The molecule has 26 heavy (non-hydrogen) atoms. The van der Waals surface area contributed by atoms with E-state index in [9.17, 15) is 5.11 Å². The van der Waals surface area contributed by atoms with Gasteiger partial charge in [-0.1, -0.05) is 17.7 Å². The first-order chi connectivity index (χ1) is 12.6. The molecule has 1 aromatic rings. The molecule has 146 valence electrons. The summed E-state index contributed by atoms with van der Waals surface area (Å²) in [4.78, 5) is 4.72. The average Bonchev–Trinajstić information content (AvgIpc) is 3.08. The van der Waals surface area contributed by atoms with Gasteiger partial charge in [0.1, 0.15) is 11.9 Å². The van der Waals surface area contributed by atoms with E-state index in [0.29, 0.717) is 19.7 Å². The highest BCUT2D eigenvalue weighted by molar-refractivity contribution is 5.79. The Morgan fingerprint density at radius 3 is 2.73 bits per heavy atom. The number of aliphatic imine (C=N–C) groups is 1. The van der Waals surface area contributed by atoms with Gasteiger partial charge in [-0.2, -0.15) is 0 Å². The summed E-state index contributed by atoms with van der Waals surface area (Å²) < 4.78 is 11.5. The number of rotatable bonds is 9. The maximum Gasteiger partial charge on any atom is 0.191 e. The normalized spacial score (nSPS) is 21.5. The smallest absolute Gasteiger partial charge is 0.191 e. The maximum atomic E-state index is 9.34. The van der Waals surface area contributed by atoms with Gasteiger partial charge in [-0.05, 0) is 45.7 Å². The molecule has 0 aromatic heterocycles. The van der Waals surface area contributed by atoms with Crippen LogP contribution in [0.5, 0.6) is 5.75 Å². The Balaban J connectivity index is 1.87. The van der Waals surface area contributed by atoms with E-state index >= 15 is 0 Å². The number of ether oxygens (including phenoxy) is 2. The van der Waals surface area contributed by atoms with Crippen LogP contribution < -0.4 is 15.4 Å². The molecule has 1 aliphatic rings. The predicted molar refractivity (Wildman–Crippen MR) is 105 cm³/mol. The lowest BCUT2D eigenvalue weighted by Crippen LogP contribution is -2.42. The van der Waals surface area contributed by atoms with E-state index in [1.807, 2.05) is 38.1 Å².